The molecule has 1 fully saturated rings. The maximum atomic E-state index is 12.2. The van der Waals surface area contributed by atoms with Crippen LogP contribution in [0.25, 0.3) is 0 Å². The summed E-state index contributed by atoms with van der Waals surface area (Å²) in [5.74, 6) is -0.00366. The SMILES string of the molecule is CC(C)(CO)CNC(=O)c1sc(N2CCC(N)C2)nc1N. The molecule has 2 rings (SSSR count). The molecule has 2 heterocycles. The molecule has 0 bridgehead atoms. The fourth-order valence-corrected chi connectivity index (χ4v) is 2.97. The predicted octanol–water partition coefficient (Wildman–Crippen LogP) is 0.0110. The van der Waals surface area contributed by atoms with Crippen molar-refractivity contribution >= 4 is 28.2 Å². The third-order valence-corrected chi connectivity index (χ3v) is 4.63. The lowest BCUT2D eigenvalue weighted by molar-refractivity contribution is 0.0915. The molecule has 0 saturated carbocycles. The molecule has 1 aromatic heterocycles. The van der Waals surface area contributed by atoms with E-state index in [4.69, 9.17) is 11.5 Å². The van der Waals surface area contributed by atoms with E-state index in [9.17, 15) is 9.90 Å². The number of hydrogen-bond donors (Lipinski definition) is 4. The van der Waals surface area contributed by atoms with Crippen LogP contribution in [0.15, 0.2) is 0 Å². The summed E-state index contributed by atoms with van der Waals surface area (Å²) in [6, 6.07) is 0.151. The van der Waals surface area contributed by atoms with Gasteiger partial charge in [0.2, 0.25) is 0 Å². The van der Waals surface area contributed by atoms with Gasteiger partial charge in [-0.15, -0.1) is 0 Å². The molecule has 1 atom stereocenters. The summed E-state index contributed by atoms with van der Waals surface area (Å²) in [4.78, 5) is 18.9. The van der Waals surface area contributed by atoms with E-state index in [0.717, 1.165) is 24.6 Å². The van der Waals surface area contributed by atoms with Crippen LogP contribution in [0.5, 0.6) is 0 Å². The van der Waals surface area contributed by atoms with Crippen LogP contribution in [0, 0.1) is 5.41 Å². The maximum Gasteiger partial charge on any atom is 0.265 e. The van der Waals surface area contributed by atoms with Gasteiger partial charge in [-0.2, -0.15) is 0 Å². The zero-order valence-corrected chi connectivity index (χ0v) is 13.2. The van der Waals surface area contributed by atoms with Crippen LogP contribution in [0.1, 0.15) is 29.9 Å². The Morgan fingerprint density at radius 1 is 1.62 bits per heavy atom. The number of nitrogens with zero attached hydrogens (tertiary/aromatic N) is 2. The first-order chi connectivity index (χ1) is 9.82. The van der Waals surface area contributed by atoms with Gasteiger partial charge < -0.3 is 26.8 Å². The molecule has 1 aromatic rings. The number of rotatable bonds is 5. The van der Waals surface area contributed by atoms with E-state index in [1.165, 1.54) is 11.3 Å². The third kappa shape index (κ3) is 3.84. The largest absolute Gasteiger partial charge is 0.396 e. The van der Waals surface area contributed by atoms with Gasteiger partial charge >= 0.3 is 0 Å². The predicted molar refractivity (Wildman–Crippen MR) is 84.5 cm³/mol. The quantitative estimate of drug-likeness (QED) is 0.608. The van der Waals surface area contributed by atoms with E-state index < -0.39 is 0 Å². The number of amides is 1. The van der Waals surface area contributed by atoms with Crippen molar-refractivity contribution in [1.82, 2.24) is 10.3 Å². The molecule has 7 nitrogen and oxygen atoms in total. The molecule has 118 valence electrons. The number of aliphatic hydroxyl groups is 1. The second kappa shape index (κ2) is 6.17. The van der Waals surface area contributed by atoms with Crippen molar-refractivity contribution in [3.8, 4) is 0 Å². The van der Waals surface area contributed by atoms with Crippen molar-refractivity contribution in [2.75, 3.05) is 36.9 Å². The minimum atomic E-state index is -0.361. The molecule has 1 saturated heterocycles. The van der Waals surface area contributed by atoms with Gasteiger partial charge in [0.15, 0.2) is 5.13 Å². The summed E-state index contributed by atoms with van der Waals surface area (Å²) in [5, 5.41) is 12.7. The standard InChI is InChI=1S/C13H23N5O2S/c1-13(2,7-19)6-16-11(20)9-10(15)17-12(21-9)18-4-3-8(14)5-18/h8,19H,3-7,14-15H2,1-2H3,(H,16,20). The zero-order chi connectivity index (χ0) is 15.6. The number of thiazole rings is 1. The molecule has 0 spiro atoms. The van der Waals surface area contributed by atoms with Crippen LogP contribution in [-0.4, -0.2) is 48.3 Å². The van der Waals surface area contributed by atoms with Crippen LogP contribution >= 0.6 is 11.3 Å². The van der Waals surface area contributed by atoms with Gasteiger partial charge in [-0.3, -0.25) is 4.79 Å². The molecule has 21 heavy (non-hydrogen) atoms. The van der Waals surface area contributed by atoms with E-state index >= 15 is 0 Å². The van der Waals surface area contributed by atoms with Crippen LogP contribution in [0.4, 0.5) is 10.9 Å². The van der Waals surface area contributed by atoms with E-state index in [1.54, 1.807) is 0 Å². The molecule has 1 unspecified atom stereocenters. The Labute approximate surface area is 128 Å². The Morgan fingerprint density at radius 2 is 2.33 bits per heavy atom. The smallest absolute Gasteiger partial charge is 0.265 e. The Balaban J connectivity index is 2.03. The van der Waals surface area contributed by atoms with Gasteiger partial charge in [-0.25, -0.2) is 4.98 Å². The topological polar surface area (TPSA) is 118 Å². The number of carbonyl (C=O) groups is 1. The highest BCUT2D eigenvalue weighted by molar-refractivity contribution is 7.18. The van der Waals surface area contributed by atoms with Crippen molar-refractivity contribution in [3.63, 3.8) is 0 Å². The van der Waals surface area contributed by atoms with E-state index in [1.807, 2.05) is 13.8 Å². The Bertz CT molecular complexity index is 517. The lowest BCUT2D eigenvalue weighted by atomic mass is 9.95. The van der Waals surface area contributed by atoms with Crippen LogP contribution < -0.4 is 21.7 Å². The summed E-state index contributed by atoms with van der Waals surface area (Å²) in [6.45, 7) is 5.71. The van der Waals surface area contributed by atoms with Gasteiger partial charge in [0.05, 0.1) is 0 Å². The molecule has 1 aliphatic rings. The highest BCUT2D eigenvalue weighted by Crippen LogP contribution is 2.30. The van der Waals surface area contributed by atoms with E-state index in [0.29, 0.717) is 11.4 Å². The van der Waals surface area contributed by atoms with Gasteiger partial charge in [0.25, 0.3) is 5.91 Å². The molecule has 1 aliphatic heterocycles. The number of aromatic nitrogens is 1. The van der Waals surface area contributed by atoms with Gasteiger partial charge in [-0.1, -0.05) is 25.2 Å². The first kappa shape index (κ1) is 16.0. The molecule has 6 N–H and O–H groups in total. The van der Waals surface area contributed by atoms with Crippen LogP contribution in [0.3, 0.4) is 0 Å². The Morgan fingerprint density at radius 3 is 2.90 bits per heavy atom. The fourth-order valence-electron chi connectivity index (χ4n) is 2.03. The molecule has 0 aliphatic carbocycles. The van der Waals surface area contributed by atoms with Crippen molar-refractivity contribution in [1.29, 1.82) is 0 Å². The van der Waals surface area contributed by atoms with Crippen LogP contribution in [-0.2, 0) is 0 Å². The van der Waals surface area contributed by atoms with E-state index in [-0.39, 0.29) is 29.8 Å². The van der Waals surface area contributed by atoms with Crippen LogP contribution in [0.2, 0.25) is 0 Å². The second-order valence-electron chi connectivity index (χ2n) is 6.21. The van der Waals surface area contributed by atoms with Crippen molar-refractivity contribution < 1.29 is 9.90 Å². The summed E-state index contributed by atoms with van der Waals surface area (Å²) in [5.41, 5.74) is 11.4. The maximum absolute atomic E-state index is 12.2. The van der Waals surface area contributed by atoms with Gasteiger partial charge in [0.1, 0.15) is 10.7 Å². The molecule has 8 heteroatoms. The monoisotopic (exact) mass is 313 g/mol. The number of anilines is 2. The fraction of sp³-hybridized carbons (Fsp3) is 0.692. The molecular formula is C13H23N5O2S. The summed E-state index contributed by atoms with van der Waals surface area (Å²) < 4.78 is 0. The van der Waals surface area contributed by atoms with Crippen molar-refractivity contribution in [2.45, 2.75) is 26.3 Å². The highest BCUT2D eigenvalue weighted by atomic mass is 32.1. The normalized spacial score (nSPS) is 19.0. The van der Waals surface area contributed by atoms with Crippen molar-refractivity contribution in [3.05, 3.63) is 4.88 Å². The number of carbonyl (C=O) groups excluding carboxylic acids is 1. The van der Waals surface area contributed by atoms with Gasteiger partial charge in [-0.05, 0) is 6.42 Å². The summed E-state index contributed by atoms with van der Waals surface area (Å²) in [7, 11) is 0. The Kier molecular flexibility index (Phi) is 4.70. The molecule has 0 radical (unpaired) electrons. The first-order valence-corrected chi connectivity index (χ1v) is 7.80. The number of nitrogens with two attached hydrogens (primary N) is 2. The minimum Gasteiger partial charge on any atom is -0.396 e. The average molecular weight is 313 g/mol. The van der Waals surface area contributed by atoms with E-state index in [2.05, 4.69) is 15.2 Å². The molecular weight excluding hydrogens is 290 g/mol. The number of nitrogen functional groups attached to an aromatic ring is 1. The summed E-state index contributed by atoms with van der Waals surface area (Å²) >= 11 is 1.28. The number of aliphatic hydroxyl groups excluding tert-OH is 1. The highest BCUT2D eigenvalue weighted by Gasteiger charge is 2.25. The van der Waals surface area contributed by atoms with Crippen molar-refractivity contribution in [2.24, 2.45) is 11.1 Å². The van der Waals surface area contributed by atoms with Gasteiger partial charge in [0, 0.05) is 37.7 Å². The first-order valence-electron chi connectivity index (χ1n) is 6.98. The number of nitrogens with one attached hydrogen (secondary N) is 1. The molecule has 0 aromatic carbocycles. The minimum absolute atomic E-state index is 0.00235. The second-order valence-corrected chi connectivity index (χ2v) is 7.19. The summed E-state index contributed by atoms with van der Waals surface area (Å²) in [6.07, 6.45) is 0.922. The average Bonchev–Trinajstić information content (AvgIpc) is 3.02. The molecule has 1 amide bonds. The lowest BCUT2D eigenvalue weighted by Gasteiger charge is -2.21. The number of hydrogen-bond acceptors (Lipinski definition) is 7. The lowest BCUT2D eigenvalue weighted by Crippen LogP contribution is -2.36. The Hall–Kier alpha value is -1.38. The third-order valence-electron chi connectivity index (χ3n) is 3.50. The zero-order valence-electron chi connectivity index (χ0n) is 12.4.